The first-order valence-corrected chi connectivity index (χ1v) is 10.2. The zero-order chi connectivity index (χ0) is 22.5. The van der Waals surface area contributed by atoms with Gasteiger partial charge in [-0.1, -0.05) is 30.3 Å². The van der Waals surface area contributed by atoms with E-state index in [0.717, 1.165) is 22.2 Å². The quantitative estimate of drug-likeness (QED) is 0.395. The fraction of sp³-hybridized carbons (Fsp3) is 0.292. The van der Waals surface area contributed by atoms with Gasteiger partial charge in [-0.2, -0.15) is 0 Å². The molecule has 0 saturated heterocycles. The normalized spacial score (nSPS) is 11.9. The molecule has 1 heterocycles. The van der Waals surface area contributed by atoms with Crippen molar-refractivity contribution in [1.82, 2.24) is 15.6 Å². The van der Waals surface area contributed by atoms with Crippen molar-refractivity contribution in [2.75, 3.05) is 0 Å². The number of carbonyl (C=O) groups is 3. The molecule has 3 rings (SSSR count). The zero-order valence-corrected chi connectivity index (χ0v) is 18.1. The van der Waals surface area contributed by atoms with Gasteiger partial charge in [0.2, 0.25) is 5.78 Å². The Bertz CT molecular complexity index is 1100. The highest BCUT2D eigenvalue weighted by atomic mass is 16.5. The Labute approximate surface area is 181 Å². The number of ketones is 1. The van der Waals surface area contributed by atoms with Crippen molar-refractivity contribution in [3.8, 4) is 0 Å². The molecule has 2 amide bonds. The minimum absolute atomic E-state index is 0.0508. The molecule has 1 unspecified atom stereocenters. The first-order chi connectivity index (χ1) is 14.8. The molecule has 0 fully saturated rings. The number of hydrogen-bond acceptors (Lipinski definition) is 4. The zero-order valence-electron chi connectivity index (χ0n) is 18.1. The number of aromatic amines is 1. The predicted octanol–water partition coefficient (Wildman–Crippen LogP) is 4.11. The second kappa shape index (κ2) is 9.47. The lowest BCUT2D eigenvalue weighted by Crippen LogP contribution is -2.39. The number of amides is 2. The minimum atomic E-state index is -0.925. The van der Waals surface area contributed by atoms with E-state index in [1.807, 2.05) is 45.0 Å². The van der Waals surface area contributed by atoms with Gasteiger partial charge < -0.3 is 20.4 Å². The number of esters is 1. The number of aromatic nitrogens is 1. The van der Waals surface area contributed by atoms with Crippen LogP contribution < -0.4 is 10.6 Å². The van der Waals surface area contributed by atoms with Gasteiger partial charge in [0.25, 0.3) is 0 Å². The second-order valence-electron chi connectivity index (χ2n) is 7.76. The van der Waals surface area contributed by atoms with Gasteiger partial charge >= 0.3 is 12.0 Å². The highest BCUT2D eigenvalue weighted by Gasteiger charge is 2.24. The number of carbonyl (C=O) groups excluding carboxylic acids is 3. The summed E-state index contributed by atoms with van der Waals surface area (Å²) in [6.07, 6.45) is -0.925. The first kappa shape index (κ1) is 22.1. The second-order valence-corrected chi connectivity index (χ2v) is 7.76. The number of aryl methyl sites for hydroxylation is 1. The molecule has 0 radical (unpaired) electrons. The molecular weight excluding hydrogens is 394 g/mol. The van der Waals surface area contributed by atoms with Crippen LogP contribution in [-0.4, -0.2) is 34.9 Å². The Balaban J connectivity index is 1.62. The molecule has 7 heteroatoms. The van der Waals surface area contributed by atoms with Crippen LogP contribution in [-0.2, 0) is 11.3 Å². The number of urea groups is 1. The standard InChI is InChI=1S/C24H27N3O4/c1-14(2)26-24(30)25-13-17-9-11-18(12-10-17)23(29)31-16(4)22(28)21-15(3)27-20-8-6-5-7-19(20)21/h5-12,14,16,27H,13H2,1-4H3,(H2,25,26,30). The third-order valence-electron chi connectivity index (χ3n) is 4.86. The summed E-state index contributed by atoms with van der Waals surface area (Å²) >= 11 is 0. The Kier molecular flexibility index (Phi) is 6.74. The van der Waals surface area contributed by atoms with E-state index in [4.69, 9.17) is 4.74 Å². The third kappa shape index (κ3) is 5.31. The van der Waals surface area contributed by atoms with Gasteiger partial charge in [-0.3, -0.25) is 4.79 Å². The summed E-state index contributed by atoms with van der Waals surface area (Å²) < 4.78 is 5.43. The average Bonchev–Trinajstić information content (AvgIpc) is 3.07. The van der Waals surface area contributed by atoms with Crippen LogP contribution >= 0.6 is 0 Å². The van der Waals surface area contributed by atoms with E-state index in [-0.39, 0.29) is 17.9 Å². The number of ether oxygens (including phenoxy) is 1. The van der Waals surface area contributed by atoms with E-state index in [1.54, 1.807) is 31.2 Å². The number of nitrogens with one attached hydrogen (secondary N) is 3. The SMILES string of the molecule is Cc1[nH]c2ccccc2c1C(=O)C(C)OC(=O)c1ccc(CNC(=O)NC(C)C)cc1. The maximum absolute atomic E-state index is 12.9. The lowest BCUT2D eigenvalue weighted by molar-refractivity contribution is 0.0319. The Morgan fingerprint density at radius 2 is 1.68 bits per heavy atom. The number of fused-ring (bicyclic) bond motifs is 1. The van der Waals surface area contributed by atoms with Crippen molar-refractivity contribution < 1.29 is 19.1 Å². The molecule has 7 nitrogen and oxygen atoms in total. The molecule has 0 aliphatic heterocycles. The van der Waals surface area contributed by atoms with Gasteiger partial charge in [0, 0.05) is 34.7 Å². The maximum atomic E-state index is 12.9. The third-order valence-corrected chi connectivity index (χ3v) is 4.86. The van der Waals surface area contributed by atoms with Gasteiger partial charge in [0.05, 0.1) is 5.56 Å². The molecule has 31 heavy (non-hydrogen) atoms. The summed E-state index contributed by atoms with van der Waals surface area (Å²) in [5, 5.41) is 6.30. The topological polar surface area (TPSA) is 100 Å². The molecule has 0 bridgehead atoms. The lowest BCUT2D eigenvalue weighted by Gasteiger charge is -2.13. The number of rotatable bonds is 7. The molecule has 2 aromatic carbocycles. The van der Waals surface area contributed by atoms with Crippen LogP contribution in [0.25, 0.3) is 10.9 Å². The highest BCUT2D eigenvalue weighted by Crippen LogP contribution is 2.24. The van der Waals surface area contributed by atoms with E-state index in [2.05, 4.69) is 15.6 Å². The highest BCUT2D eigenvalue weighted by molar-refractivity contribution is 6.11. The Hall–Kier alpha value is -3.61. The van der Waals surface area contributed by atoms with E-state index < -0.39 is 12.1 Å². The molecule has 0 aliphatic rings. The monoisotopic (exact) mass is 421 g/mol. The molecule has 1 atom stereocenters. The average molecular weight is 421 g/mol. The number of hydrogen-bond donors (Lipinski definition) is 3. The number of Topliss-reactive ketones (excluding diaryl/α,β-unsaturated/α-hetero) is 1. The van der Waals surface area contributed by atoms with Crippen molar-refractivity contribution in [3.63, 3.8) is 0 Å². The van der Waals surface area contributed by atoms with E-state index in [9.17, 15) is 14.4 Å². The van der Waals surface area contributed by atoms with E-state index in [1.165, 1.54) is 0 Å². The van der Waals surface area contributed by atoms with Crippen LogP contribution in [0.2, 0.25) is 0 Å². The maximum Gasteiger partial charge on any atom is 0.338 e. The number of benzene rings is 2. The van der Waals surface area contributed by atoms with Crippen LogP contribution in [0.3, 0.4) is 0 Å². The summed E-state index contributed by atoms with van der Waals surface area (Å²) in [5.41, 5.74) is 3.33. The largest absolute Gasteiger partial charge is 0.451 e. The molecule has 0 aliphatic carbocycles. The Morgan fingerprint density at radius 3 is 2.35 bits per heavy atom. The predicted molar refractivity (Wildman–Crippen MR) is 119 cm³/mol. The number of para-hydroxylation sites is 1. The van der Waals surface area contributed by atoms with Crippen LogP contribution in [0.1, 0.15) is 52.7 Å². The summed E-state index contributed by atoms with van der Waals surface area (Å²) in [4.78, 5) is 40.3. The van der Waals surface area contributed by atoms with Crippen molar-refractivity contribution in [2.24, 2.45) is 0 Å². The summed E-state index contributed by atoms with van der Waals surface area (Å²) in [6, 6.07) is 14.0. The molecule has 0 saturated carbocycles. The van der Waals surface area contributed by atoms with Crippen molar-refractivity contribution in [1.29, 1.82) is 0 Å². The van der Waals surface area contributed by atoms with Crippen LogP contribution in [0, 0.1) is 6.92 Å². The van der Waals surface area contributed by atoms with E-state index in [0.29, 0.717) is 17.7 Å². The van der Waals surface area contributed by atoms with Crippen molar-refractivity contribution in [3.05, 3.63) is 70.9 Å². The summed E-state index contributed by atoms with van der Waals surface area (Å²) in [6.45, 7) is 7.50. The molecule has 1 aromatic heterocycles. The summed E-state index contributed by atoms with van der Waals surface area (Å²) in [5.74, 6) is -0.823. The summed E-state index contributed by atoms with van der Waals surface area (Å²) in [7, 11) is 0. The van der Waals surface area contributed by atoms with E-state index >= 15 is 0 Å². The molecule has 3 N–H and O–H groups in total. The number of H-pyrrole nitrogens is 1. The van der Waals surface area contributed by atoms with Crippen molar-refractivity contribution in [2.45, 2.75) is 46.4 Å². The minimum Gasteiger partial charge on any atom is -0.451 e. The van der Waals surface area contributed by atoms with Crippen LogP contribution in [0.4, 0.5) is 4.79 Å². The molecule has 3 aromatic rings. The fourth-order valence-corrected chi connectivity index (χ4v) is 3.33. The Morgan fingerprint density at radius 1 is 1.00 bits per heavy atom. The van der Waals surface area contributed by atoms with Crippen molar-refractivity contribution >= 4 is 28.7 Å². The van der Waals surface area contributed by atoms with Crippen LogP contribution in [0.5, 0.6) is 0 Å². The first-order valence-electron chi connectivity index (χ1n) is 10.2. The molecular formula is C24H27N3O4. The van der Waals surface area contributed by atoms with Gasteiger partial charge in [-0.15, -0.1) is 0 Å². The molecule has 0 spiro atoms. The van der Waals surface area contributed by atoms with Crippen LogP contribution in [0.15, 0.2) is 48.5 Å². The van der Waals surface area contributed by atoms with Gasteiger partial charge in [0.1, 0.15) is 0 Å². The fourth-order valence-electron chi connectivity index (χ4n) is 3.33. The van der Waals surface area contributed by atoms with Gasteiger partial charge in [-0.05, 0) is 51.5 Å². The lowest BCUT2D eigenvalue weighted by atomic mass is 10.0. The van der Waals surface area contributed by atoms with Gasteiger partial charge in [-0.25, -0.2) is 9.59 Å². The van der Waals surface area contributed by atoms with Gasteiger partial charge in [0.15, 0.2) is 6.10 Å². The molecule has 162 valence electrons. The smallest absolute Gasteiger partial charge is 0.338 e.